The van der Waals surface area contributed by atoms with Crippen molar-refractivity contribution in [1.29, 1.82) is 0 Å². The third-order valence-corrected chi connectivity index (χ3v) is 8.65. The van der Waals surface area contributed by atoms with Gasteiger partial charge in [-0.25, -0.2) is 0 Å². The smallest absolute Gasteiger partial charge is 0.239 e. The third-order valence-electron chi connectivity index (χ3n) is 8.65. The van der Waals surface area contributed by atoms with Crippen molar-refractivity contribution < 1.29 is 24.6 Å². The average Bonchev–Trinajstić information content (AvgIpc) is 3.03. The predicted octanol–water partition coefficient (Wildman–Crippen LogP) is 10.5. The van der Waals surface area contributed by atoms with Gasteiger partial charge in [-0.1, -0.05) is 141 Å². The number of Topliss-reactive ketones (excluding diaryl/α,β-unsaturated/α-hetero) is 3. The van der Waals surface area contributed by atoms with Gasteiger partial charge in [-0.2, -0.15) is 0 Å². The molecule has 0 heterocycles. The molecule has 0 saturated heterocycles. The minimum Gasteiger partial charge on any atom is -0.392 e. The Morgan fingerprint density at radius 1 is 0.477 bits per heavy atom. The van der Waals surface area contributed by atoms with Gasteiger partial charge in [0.2, 0.25) is 17.2 Å². The molecule has 0 rings (SSSR count). The fourth-order valence-corrected chi connectivity index (χ4v) is 5.55. The van der Waals surface area contributed by atoms with Crippen molar-refractivity contribution in [2.45, 2.75) is 199 Å². The summed E-state index contributed by atoms with van der Waals surface area (Å²) >= 11 is 0. The monoisotopic (exact) mass is 619 g/mol. The number of carbonyl (C=O) groups is 3. The quantitative estimate of drug-likeness (QED) is 0.0324. The summed E-state index contributed by atoms with van der Waals surface area (Å²) in [5.74, 6) is -2.63. The van der Waals surface area contributed by atoms with Crippen LogP contribution >= 0.6 is 0 Å². The van der Waals surface area contributed by atoms with Crippen LogP contribution in [0.1, 0.15) is 194 Å². The van der Waals surface area contributed by atoms with E-state index in [0.717, 1.165) is 64.2 Å². The molecular weight excluding hydrogens is 548 g/mol. The summed E-state index contributed by atoms with van der Waals surface area (Å²) in [6.07, 6.45) is 38.7. The van der Waals surface area contributed by atoms with Crippen LogP contribution in [0.25, 0.3) is 0 Å². The van der Waals surface area contributed by atoms with E-state index in [-0.39, 0.29) is 12.8 Å². The zero-order valence-corrected chi connectivity index (χ0v) is 28.9. The molecule has 0 saturated carbocycles. The van der Waals surface area contributed by atoms with Crippen LogP contribution in [0.4, 0.5) is 0 Å². The van der Waals surface area contributed by atoms with Crippen molar-refractivity contribution in [2.24, 2.45) is 0 Å². The summed E-state index contributed by atoms with van der Waals surface area (Å²) < 4.78 is 0. The van der Waals surface area contributed by atoms with Gasteiger partial charge >= 0.3 is 0 Å². The molecule has 0 fully saturated rings. The fraction of sp³-hybridized carbons (Fsp3) is 0.821. The number of unbranched alkanes of at least 4 members (excludes halogenated alkanes) is 22. The maximum atomic E-state index is 12.6. The van der Waals surface area contributed by atoms with Crippen molar-refractivity contribution in [3.63, 3.8) is 0 Å². The molecule has 2 N–H and O–H groups in total. The lowest BCUT2D eigenvalue weighted by Gasteiger charge is -2.22. The standard InChI is InChI=1S/C39H70O5/c1-3-5-7-9-11-13-15-17-19-21-23-25-27-29-31-33-36(41)38(43)39(44,35-40)37(42)34-32-30-28-26-24-22-20-18-16-14-12-10-8-6-4-2/h17-20,40,44H,3-16,21-35H2,1-2H3/b19-17-,20-18-. The molecule has 0 aromatic heterocycles. The first kappa shape index (κ1) is 42.4. The lowest BCUT2D eigenvalue weighted by atomic mass is 9.87. The Balaban J connectivity index is 3.90. The first-order valence-electron chi connectivity index (χ1n) is 18.7. The van der Waals surface area contributed by atoms with Crippen molar-refractivity contribution in [3.8, 4) is 0 Å². The van der Waals surface area contributed by atoms with E-state index >= 15 is 0 Å². The van der Waals surface area contributed by atoms with Crippen molar-refractivity contribution in [3.05, 3.63) is 24.3 Å². The highest BCUT2D eigenvalue weighted by Gasteiger charge is 2.45. The Hall–Kier alpha value is -1.59. The Labute approximate surface area is 271 Å². The Bertz CT molecular complexity index is 756. The number of rotatable bonds is 34. The van der Waals surface area contributed by atoms with Crippen LogP contribution in [-0.4, -0.2) is 39.8 Å². The van der Waals surface area contributed by atoms with E-state index in [1.54, 1.807) is 0 Å². The molecule has 44 heavy (non-hydrogen) atoms. The number of hydrogen-bond acceptors (Lipinski definition) is 5. The number of carbonyl (C=O) groups excluding carboxylic acids is 3. The van der Waals surface area contributed by atoms with Crippen LogP contribution in [0, 0.1) is 0 Å². The predicted molar refractivity (Wildman–Crippen MR) is 186 cm³/mol. The molecule has 0 amide bonds. The molecule has 0 aromatic rings. The molecular formula is C39H70O5. The first-order chi connectivity index (χ1) is 21.4. The van der Waals surface area contributed by atoms with E-state index in [4.69, 9.17) is 0 Å². The molecule has 0 aromatic carbocycles. The summed E-state index contributed by atoms with van der Waals surface area (Å²) in [5, 5.41) is 20.2. The molecule has 5 heteroatoms. The summed E-state index contributed by atoms with van der Waals surface area (Å²) in [6, 6.07) is 0. The van der Waals surface area contributed by atoms with Gasteiger partial charge in [0.15, 0.2) is 5.78 Å². The van der Waals surface area contributed by atoms with Gasteiger partial charge in [0.1, 0.15) is 0 Å². The van der Waals surface area contributed by atoms with Crippen molar-refractivity contribution >= 4 is 17.3 Å². The number of aliphatic hydroxyl groups excluding tert-OH is 1. The molecule has 1 unspecified atom stereocenters. The van der Waals surface area contributed by atoms with Crippen LogP contribution < -0.4 is 0 Å². The Morgan fingerprint density at radius 2 is 0.795 bits per heavy atom. The van der Waals surface area contributed by atoms with E-state index in [0.29, 0.717) is 12.8 Å². The van der Waals surface area contributed by atoms with Crippen LogP contribution in [-0.2, 0) is 14.4 Å². The molecule has 0 aliphatic heterocycles. The highest BCUT2D eigenvalue weighted by molar-refractivity contribution is 6.44. The molecule has 0 spiro atoms. The summed E-state index contributed by atoms with van der Waals surface area (Å²) in [7, 11) is 0. The SMILES string of the molecule is CCCCCCCC/C=C\CCCCCCCC(=O)C(=O)C(O)(CO)C(=O)CCCCCCC/C=C\CCCCCCCC. The van der Waals surface area contributed by atoms with Gasteiger partial charge in [0.05, 0.1) is 6.61 Å². The van der Waals surface area contributed by atoms with Gasteiger partial charge in [-0.3, -0.25) is 14.4 Å². The number of allylic oxidation sites excluding steroid dienone is 4. The fourth-order valence-electron chi connectivity index (χ4n) is 5.55. The second-order valence-corrected chi connectivity index (χ2v) is 12.9. The number of hydrogen-bond donors (Lipinski definition) is 2. The second-order valence-electron chi connectivity index (χ2n) is 12.9. The number of aliphatic hydroxyl groups is 2. The lowest BCUT2D eigenvalue weighted by molar-refractivity contribution is -0.160. The minimum absolute atomic E-state index is 0.00163. The van der Waals surface area contributed by atoms with E-state index in [9.17, 15) is 24.6 Å². The maximum Gasteiger partial charge on any atom is 0.239 e. The highest BCUT2D eigenvalue weighted by atomic mass is 16.4. The van der Waals surface area contributed by atoms with E-state index < -0.39 is 29.6 Å². The minimum atomic E-state index is -2.58. The van der Waals surface area contributed by atoms with Gasteiger partial charge in [0.25, 0.3) is 0 Å². The molecule has 5 nitrogen and oxygen atoms in total. The molecule has 0 aliphatic carbocycles. The summed E-state index contributed by atoms with van der Waals surface area (Å²) in [5.41, 5.74) is -2.58. The topological polar surface area (TPSA) is 91.7 Å². The largest absolute Gasteiger partial charge is 0.392 e. The molecule has 256 valence electrons. The summed E-state index contributed by atoms with van der Waals surface area (Å²) in [6.45, 7) is 3.45. The zero-order chi connectivity index (χ0) is 32.6. The Morgan fingerprint density at radius 3 is 1.16 bits per heavy atom. The van der Waals surface area contributed by atoms with Gasteiger partial charge in [-0.05, 0) is 64.2 Å². The third kappa shape index (κ3) is 23.7. The van der Waals surface area contributed by atoms with E-state index in [1.807, 2.05) is 0 Å². The van der Waals surface area contributed by atoms with Crippen molar-refractivity contribution in [1.82, 2.24) is 0 Å². The molecule has 1 atom stereocenters. The lowest BCUT2D eigenvalue weighted by Crippen LogP contribution is -2.52. The van der Waals surface area contributed by atoms with Gasteiger partial charge in [0, 0.05) is 12.8 Å². The maximum absolute atomic E-state index is 12.6. The van der Waals surface area contributed by atoms with Gasteiger partial charge in [-0.15, -0.1) is 0 Å². The van der Waals surface area contributed by atoms with Crippen LogP contribution in [0.3, 0.4) is 0 Å². The van der Waals surface area contributed by atoms with E-state index in [1.165, 1.54) is 89.9 Å². The van der Waals surface area contributed by atoms with Crippen LogP contribution in [0.2, 0.25) is 0 Å². The molecule has 0 aliphatic rings. The Kier molecular flexibility index (Phi) is 30.3. The highest BCUT2D eigenvalue weighted by Crippen LogP contribution is 2.17. The van der Waals surface area contributed by atoms with Crippen LogP contribution in [0.5, 0.6) is 0 Å². The van der Waals surface area contributed by atoms with E-state index in [2.05, 4.69) is 38.2 Å². The van der Waals surface area contributed by atoms with Gasteiger partial charge < -0.3 is 10.2 Å². The first-order valence-corrected chi connectivity index (χ1v) is 18.7. The second kappa shape index (κ2) is 31.4. The number of ketones is 3. The average molecular weight is 619 g/mol. The van der Waals surface area contributed by atoms with Crippen LogP contribution in [0.15, 0.2) is 24.3 Å². The zero-order valence-electron chi connectivity index (χ0n) is 28.9. The van der Waals surface area contributed by atoms with Crippen molar-refractivity contribution in [2.75, 3.05) is 6.61 Å². The molecule has 0 bridgehead atoms. The normalized spacial score (nSPS) is 13.2. The molecule has 0 radical (unpaired) electrons. The summed E-state index contributed by atoms with van der Waals surface area (Å²) in [4.78, 5) is 37.6.